The van der Waals surface area contributed by atoms with Gasteiger partial charge in [0.1, 0.15) is 12.2 Å². The quantitative estimate of drug-likeness (QED) is 0.613. The van der Waals surface area contributed by atoms with Crippen molar-refractivity contribution in [2.45, 2.75) is 32.3 Å². The number of hydrogen-bond acceptors (Lipinski definition) is 8. The summed E-state index contributed by atoms with van der Waals surface area (Å²) in [5, 5.41) is 15.1. The Hall–Kier alpha value is -3.35. The third-order valence-electron chi connectivity index (χ3n) is 5.02. The van der Waals surface area contributed by atoms with Crippen molar-refractivity contribution in [1.82, 2.24) is 19.7 Å². The number of aryl methyl sites for hydroxylation is 1. The summed E-state index contributed by atoms with van der Waals surface area (Å²) in [6.45, 7) is 3.72. The van der Waals surface area contributed by atoms with Crippen LogP contribution in [0, 0.1) is 18.3 Å². The van der Waals surface area contributed by atoms with Gasteiger partial charge in [0.05, 0.1) is 28.7 Å². The van der Waals surface area contributed by atoms with Crippen LogP contribution in [0.25, 0.3) is 0 Å². The van der Waals surface area contributed by atoms with Crippen molar-refractivity contribution in [3.8, 4) is 11.9 Å². The van der Waals surface area contributed by atoms with Gasteiger partial charge >= 0.3 is 0 Å². The Kier molecular flexibility index (Phi) is 6.50. The normalized spacial score (nSPS) is 14.1. The lowest BCUT2D eigenvalue weighted by molar-refractivity contribution is 0.102. The number of piperidine rings is 1. The first-order valence-electron chi connectivity index (χ1n) is 10.1. The number of aromatic nitrogens is 3. The molecule has 8 nitrogen and oxygen atoms in total. The molecule has 31 heavy (non-hydrogen) atoms. The second kappa shape index (κ2) is 9.64. The van der Waals surface area contributed by atoms with Gasteiger partial charge in [-0.3, -0.25) is 9.78 Å². The van der Waals surface area contributed by atoms with E-state index in [1.807, 2.05) is 6.92 Å². The van der Waals surface area contributed by atoms with Gasteiger partial charge in [-0.1, -0.05) is 0 Å². The van der Waals surface area contributed by atoms with Gasteiger partial charge in [-0.25, -0.2) is 4.98 Å². The summed E-state index contributed by atoms with van der Waals surface area (Å²) in [5.41, 5.74) is 3.09. The average Bonchev–Trinajstić information content (AvgIpc) is 3.16. The molecular formula is C22H22N6O2S. The van der Waals surface area contributed by atoms with Crippen LogP contribution in [0.3, 0.4) is 0 Å². The van der Waals surface area contributed by atoms with Crippen LogP contribution in [0.15, 0.2) is 36.7 Å². The number of carbonyl (C=O) groups is 1. The molecular weight excluding hydrogens is 412 g/mol. The molecule has 1 fully saturated rings. The Morgan fingerprint density at radius 3 is 2.77 bits per heavy atom. The highest BCUT2D eigenvalue weighted by Gasteiger charge is 2.20. The van der Waals surface area contributed by atoms with E-state index in [2.05, 4.69) is 31.0 Å². The summed E-state index contributed by atoms with van der Waals surface area (Å²) in [4.78, 5) is 22.4. The lowest BCUT2D eigenvalue weighted by Gasteiger charge is -2.23. The third kappa shape index (κ3) is 5.23. The molecule has 2 N–H and O–H groups in total. The zero-order chi connectivity index (χ0) is 21.6. The summed E-state index contributed by atoms with van der Waals surface area (Å²) in [6.07, 6.45) is 5.70. The fourth-order valence-corrected chi connectivity index (χ4v) is 4.27. The fraction of sp³-hybridized carbons (Fsp3) is 0.318. The smallest absolute Gasteiger partial charge is 0.258 e. The number of ether oxygens (including phenoxy) is 1. The minimum Gasteiger partial charge on any atom is -0.474 e. The van der Waals surface area contributed by atoms with Gasteiger partial charge in [0, 0.05) is 29.3 Å². The highest BCUT2D eigenvalue weighted by atomic mass is 32.1. The van der Waals surface area contributed by atoms with Crippen LogP contribution in [-0.2, 0) is 6.42 Å². The minimum atomic E-state index is -0.233. The van der Waals surface area contributed by atoms with Gasteiger partial charge in [-0.2, -0.15) is 9.64 Å². The molecule has 1 aliphatic heterocycles. The van der Waals surface area contributed by atoms with Crippen LogP contribution in [0.1, 0.15) is 45.0 Å². The standard InChI is InChI=1S/C22H22N6O2S/c1-14-21(19(31-28-14)10-16-3-2-15(11-23)12-25-16)22(29)27-17-4-5-20(26-13-17)30-18-6-8-24-9-7-18/h2-5,12-13,18,24H,6-10H2,1H3,(H,27,29). The lowest BCUT2D eigenvalue weighted by Crippen LogP contribution is -2.34. The maximum Gasteiger partial charge on any atom is 0.258 e. The van der Waals surface area contributed by atoms with Crippen LogP contribution < -0.4 is 15.4 Å². The Labute approximate surface area is 184 Å². The van der Waals surface area contributed by atoms with Crippen molar-refractivity contribution >= 4 is 23.1 Å². The molecule has 0 radical (unpaired) electrons. The molecule has 3 aromatic rings. The molecule has 0 bridgehead atoms. The number of hydrogen-bond donors (Lipinski definition) is 2. The molecule has 158 valence electrons. The number of rotatable bonds is 6. The maximum absolute atomic E-state index is 12.9. The van der Waals surface area contributed by atoms with E-state index in [-0.39, 0.29) is 12.0 Å². The van der Waals surface area contributed by atoms with Gasteiger partial charge in [-0.05, 0) is 62.6 Å². The van der Waals surface area contributed by atoms with Crippen molar-refractivity contribution in [2.75, 3.05) is 18.4 Å². The van der Waals surface area contributed by atoms with E-state index in [4.69, 9.17) is 10.00 Å². The first-order chi connectivity index (χ1) is 15.1. The van der Waals surface area contributed by atoms with E-state index in [0.29, 0.717) is 34.8 Å². The second-order valence-electron chi connectivity index (χ2n) is 7.30. The highest BCUT2D eigenvalue weighted by molar-refractivity contribution is 7.06. The predicted octanol–water partition coefficient (Wildman–Crippen LogP) is 3.09. The minimum absolute atomic E-state index is 0.173. The van der Waals surface area contributed by atoms with E-state index in [0.717, 1.165) is 36.5 Å². The largest absolute Gasteiger partial charge is 0.474 e. The number of nitriles is 1. The lowest BCUT2D eigenvalue weighted by atomic mass is 10.1. The maximum atomic E-state index is 12.9. The van der Waals surface area contributed by atoms with Crippen molar-refractivity contribution < 1.29 is 9.53 Å². The van der Waals surface area contributed by atoms with Gasteiger partial charge in [-0.15, -0.1) is 0 Å². The molecule has 0 spiro atoms. The van der Waals surface area contributed by atoms with Crippen LogP contribution in [0.4, 0.5) is 5.69 Å². The number of amides is 1. The number of carbonyl (C=O) groups excluding carboxylic acids is 1. The van der Waals surface area contributed by atoms with E-state index in [1.165, 1.54) is 17.7 Å². The molecule has 0 atom stereocenters. The molecule has 3 aromatic heterocycles. The predicted molar refractivity (Wildman–Crippen MR) is 117 cm³/mol. The summed E-state index contributed by atoms with van der Waals surface area (Å²) in [7, 11) is 0. The van der Waals surface area contributed by atoms with Crippen molar-refractivity contribution in [2.24, 2.45) is 0 Å². The number of nitrogens with one attached hydrogen (secondary N) is 2. The molecule has 1 aliphatic rings. The Morgan fingerprint density at radius 2 is 2.10 bits per heavy atom. The van der Waals surface area contributed by atoms with E-state index < -0.39 is 0 Å². The zero-order valence-corrected chi connectivity index (χ0v) is 17.9. The van der Waals surface area contributed by atoms with Crippen LogP contribution in [-0.4, -0.2) is 39.4 Å². The van der Waals surface area contributed by atoms with E-state index >= 15 is 0 Å². The molecule has 0 saturated carbocycles. The average molecular weight is 435 g/mol. The Bertz CT molecular complexity index is 1080. The number of anilines is 1. The van der Waals surface area contributed by atoms with Gasteiger partial charge in [0.25, 0.3) is 5.91 Å². The molecule has 4 heterocycles. The molecule has 1 saturated heterocycles. The summed E-state index contributed by atoms with van der Waals surface area (Å²) in [6, 6.07) is 9.13. The summed E-state index contributed by atoms with van der Waals surface area (Å²) >= 11 is 1.29. The number of pyridine rings is 2. The van der Waals surface area contributed by atoms with Crippen molar-refractivity contribution in [1.29, 1.82) is 5.26 Å². The van der Waals surface area contributed by atoms with Crippen LogP contribution in [0.5, 0.6) is 5.88 Å². The van der Waals surface area contributed by atoms with Gasteiger partial charge in [0.2, 0.25) is 5.88 Å². The van der Waals surface area contributed by atoms with Crippen molar-refractivity contribution in [3.63, 3.8) is 0 Å². The molecule has 9 heteroatoms. The molecule has 1 amide bonds. The summed E-state index contributed by atoms with van der Waals surface area (Å²) < 4.78 is 10.3. The van der Waals surface area contributed by atoms with E-state index in [9.17, 15) is 4.79 Å². The second-order valence-corrected chi connectivity index (χ2v) is 8.16. The molecule has 0 unspecified atom stereocenters. The van der Waals surface area contributed by atoms with E-state index in [1.54, 1.807) is 30.5 Å². The molecule has 0 aliphatic carbocycles. The number of nitrogens with zero attached hydrogens (tertiary/aromatic N) is 4. The topological polar surface area (TPSA) is 113 Å². The SMILES string of the molecule is Cc1nsc(Cc2ccc(C#N)cn2)c1C(=O)Nc1ccc(OC2CCNCC2)nc1. The first-order valence-corrected chi connectivity index (χ1v) is 10.8. The zero-order valence-electron chi connectivity index (χ0n) is 17.1. The summed E-state index contributed by atoms with van der Waals surface area (Å²) in [5.74, 6) is 0.328. The highest BCUT2D eigenvalue weighted by Crippen LogP contribution is 2.23. The monoisotopic (exact) mass is 434 g/mol. The molecule has 0 aromatic carbocycles. The third-order valence-corrected chi connectivity index (χ3v) is 5.96. The Morgan fingerprint density at radius 1 is 1.26 bits per heavy atom. The van der Waals surface area contributed by atoms with Crippen LogP contribution in [0.2, 0.25) is 0 Å². The Balaban J connectivity index is 1.42. The van der Waals surface area contributed by atoms with Crippen LogP contribution >= 0.6 is 11.5 Å². The fourth-order valence-electron chi connectivity index (χ4n) is 3.39. The molecule has 4 rings (SSSR count). The first kappa shape index (κ1) is 20.9. The van der Waals surface area contributed by atoms with Gasteiger partial charge in [0.15, 0.2) is 0 Å². The van der Waals surface area contributed by atoms with Crippen molar-refractivity contribution in [3.05, 3.63) is 64.1 Å². The van der Waals surface area contributed by atoms with Gasteiger partial charge < -0.3 is 15.4 Å².